The van der Waals surface area contributed by atoms with Crippen molar-refractivity contribution in [2.75, 3.05) is 0 Å². The van der Waals surface area contributed by atoms with Crippen LogP contribution in [0.3, 0.4) is 0 Å². The molecule has 0 spiro atoms. The van der Waals surface area contributed by atoms with E-state index in [1.165, 1.54) is 8.38 Å². The molecule has 3 rings (SSSR count). The Kier molecular flexibility index (Phi) is 7.33. The molecule has 0 aliphatic carbocycles. The van der Waals surface area contributed by atoms with Gasteiger partial charge in [0.25, 0.3) is 0 Å². The van der Waals surface area contributed by atoms with E-state index in [1.807, 2.05) is 36.5 Å². The Morgan fingerprint density at radius 3 is 1.81 bits per heavy atom. The van der Waals surface area contributed by atoms with Crippen molar-refractivity contribution in [2.24, 2.45) is 0 Å². The van der Waals surface area contributed by atoms with Gasteiger partial charge >= 0.3 is 153 Å². The van der Waals surface area contributed by atoms with E-state index in [2.05, 4.69) is 29.2 Å². The molecule has 0 saturated heterocycles. The van der Waals surface area contributed by atoms with E-state index < -0.39 is 10.4 Å². The number of phenols is 1. The van der Waals surface area contributed by atoms with Crippen LogP contribution in [0.1, 0.15) is 22.7 Å². The zero-order chi connectivity index (χ0) is 19.2. The fraction of sp³-hybridized carbons (Fsp3) is 0.0556. The first-order valence-electron chi connectivity index (χ1n) is 7.70. The number of hydrogen-bond acceptors (Lipinski definition) is 4. The molecule has 0 fully saturated rings. The van der Waals surface area contributed by atoms with Crippen LogP contribution in [0.4, 0.5) is 0 Å². The van der Waals surface area contributed by atoms with Gasteiger partial charge in [-0.05, 0) is 0 Å². The molecule has 0 aliphatic heterocycles. The number of phenolic OH excluding ortho intramolecular Hbond substituents is 1. The molecule has 8 heteroatoms. The number of pyridine rings is 1. The molecule has 1 heterocycles. The van der Waals surface area contributed by atoms with Crippen molar-refractivity contribution in [1.29, 1.82) is 0 Å². The molecule has 6 nitrogen and oxygen atoms in total. The summed E-state index contributed by atoms with van der Waals surface area (Å²) >= 11 is 1.06. The zero-order valence-corrected chi connectivity index (χ0v) is 16.8. The number of nitrogens with zero attached hydrogens (tertiary/aromatic N) is 1. The summed E-state index contributed by atoms with van der Waals surface area (Å²) in [6.45, 7) is 0. The molecule has 130 valence electrons. The SMILES string of the molecule is O=S(=O)(O)O.Oc1ccc(C(c2cc[c]([Na])cc2)c2ccccn2)cc1. The van der Waals surface area contributed by atoms with Crippen molar-refractivity contribution < 1.29 is 22.6 Å². The first-order chi connectivity index (χ1) is 12.2. The fourth-order valence-electron chi connectivity index (χ4n) is 2.51. The summed E-state index contributed by atoms with van der Waals surface area (Å²) in [7, 11) is -4.67. The van der Waals surface area contributed by atoms with Gasteiger partial charge in [0.05, 0.1) is 0 Å². The number of hydrogen-bond donors (Lipinski definition) is 3. The second kappa shape index (κ2) is 9.27. The van der Waals surface area contributed by atoms with Crippen molar-refractivity contribution in [1.82, 2.24) is 4.98 Å². The molecule has 0 aliphatic rings. The Bertz CT molecular complexity index is 876. The third kappa shape index (κ3) is 6.87. The van der Waals surface area contributed by atoms with Gasteiger partial charge < -0.3 is 0 Å². The minimum absolute atomic E-state index is 0.0917. The monoisotopic (exact) mass is 381 g/mol. The van der Waals surface area contributed by atoms with Crippen LogP contribution in [-0.4, -0.2) is 55.5 Å². The van der Waals surface area contributed by atoms with Gasteiger partial charge in [0.2, 0.25) is 0 Å². The first kappa shape index (κ1) is 20.6. The minimum atomic E-state index is -4.67. The second-order valence-corrected chi connectivity index (χ2v) is 7.69. The van der Waals surface area contributed by atoms with Gasteiger partial charge in [0, 0.05) is 0 Å². The van der Waals surface area contributed by atoms with E-state index in [1.54, 1.807) is 12.1 Å². The summed E-state index contributed by atoms with van der Waals surface area (Å²) in [6, 6.07) is 22.1. The third-order valence-electron chi connectivity index (χ3n) is 3.62. The third-order valence-corrected chi connectivity index (χ3v) is 4.29. The summed E-state index contributed by atoms with van der Waals surface area (Å²) in [5, 5.41) is 9.50. The van der Waals surface area contributed by atoms with E-state index in [4.69, 9.17) is 17.5 Å². The Labute approximate surface area is 169 Å². The molecule has 2 aromatic carbocycles. The van der Waals surface area contributed by atoms with Crippen LogP contribution in [0.15, 0.2) is 72.9 Å². The average Bonchev–Trinajstić information content (AvgIpc) is 2.58. The second-order valence-electron chi connectivity index (χ2n) is 5.64. The number of aromatic hydroxyl groups is 1. The van der Waals surface area contributed by atoms with E-state index in [-0.39, 0.29) is 11.7 Å². The predicted octanol–water partition coefficient (Wildman–Crippen LogP) is 2.11. The Morgan fingerprint density at radius 2 is 1.35 bits per heavy atom. The standard InChI is InChI=1S/C18H14NO.Na.H2O4S/c20-16-11-9-15(10-12-16)18(14-6-2-1-3-7-14)17-8-4-5-13-19-17;;1-5(2,3)4/h2-13,18,20H;;(H2,1,2,3,4). The molecular weight excluding hydrogens is 365 g/mol. The molecule has 0 amide bonds. The van der Waals surface area contributed by atoms with Crippen LogP contribution in [0.5, 0.6) is 5.75 Å². The molecule has 3 N–H and O–H groups in total. The molecular formula is C18H16NNaO5S. The van der Waals surface area contributed by atoms with Gasteiger partial charge in [-0.25, -0.2) is 0 Å². The van der Waals surface area contributed by atoms with E-state index in [0.29, 0.717) is 0 Å². The van der Waals surface area contributed by atoms with E-state index in [9.17, 15) is 5.11 Å². The molecule has 26 heavy (non-hydrogen) atoms. The zero-order valence-electron chi connectivity index (χ0n) is 14.0. The van der Waals surface area contributed by atoms with Gasteiger partial charge in [-0.3, -0.25) is 9.11 Å². The molecule has 1 aromatic heterocycles. The maximum atomic E-state index is 9.50. The van der Waals surface area contributed by atoms with Gasteiger partial charge in [-0.15, -0.1) is 0 Å². The van der Waals surface area contributed by atoms with Crippen molar-refractivity contribution in [2.45, 2.75) is 5.92 Å². The fourth-order valence-corrected chi connectivity index (χ4v) is 2.84. The summed E-state index contributed by atoms with van der Waals surface area (Å²) in [6.07, 6.45) is 1.82. The summed E-state index contributed by atoms with van der Waals surface area (Å²) < 4.78 is 33.0. The summed E-state index contributed by atoms with van der Waals surface area (Å²) in [5.74, 6) is 0.377. The van der Waals surface area contributed by atoms with Crippen LogP contribution in [-0.2, 0) is 10.4 Å². The van der Waals surface area contributed by atoms with Gasteiger partial charge in [-0.2, -0.15) is 8.42 Å². The quantitative estimate of drug-likeness (QED) is 0.474. The Morgan fingerprint density at radius 1 is 0.846 bits per heavy atom. The van der Waals surface area contributed by atoms with E-state index >= 15 is 0 Å². The molecule has 1 atom stereocenters. The van der Waals surface area contributed by atoms with Gasteiger partial charge in [0.1, 0.15) is 0 Å². The van der Waals surface area contributed by atoms with Crippen molar-refractivity contribution in [3.05, 3.63) is 89.7 Å². The van der Waals surface area contributed by atoms with Crippen LogP contribution < -0.4 is 2.81 Å². The normalized spacial score (nSPS) is 12.0. The van der Waals surface area contributed by atoms with Crippen molar-refractivity contribution in [3.8, 4) is 5.75 Å². The summed E-state index contributed by atoms with van der Waals surface area (Å²) in [5.41, 5.74) is 3.37. The van der Waals surface area contributed by atoms with Gasteiger partial charge in [-0.1, -0.05) is 0 Å². The Hall–Kier alpha value is -1.74. The number of rotatable bonds is 3. The topological polar surface area (TPSA) is 108 Å². The van der Waals surface area contributed by atoms with Crippen molar-refractivity contribution in [3.63, 3.8) is 0 Å². The number of benzene rings is 2. The maximum absolute atomic E-state index is 9.50. The molecule has 0 bridgehead atoms. The summed E-state index contributed by atoms with van der Waals surface area (Å²) in [4.78, 5) is 4.52. The van der Waals surface area contributed by atoms with Gasteiger partial charge in [0.15, 0.2) is 0 Å². The molecule has 0 saturated carbocycles. The molecule has 3 aromatic rings. The molecule has 1 unspecified atom stereocenters. The van der Waals surface area contributed by atoms with Crippen LogP contribution in [0, 0.1) is 0 Å². The average molecular weight is 381 g/mol. The van der Waals surface area contributed by atoms with Crippen LogP contribution in [0.25, 0.3) is 0 Å². The predicted molar refractivity (Wildman–Crippen MR) is 99.3 cm³/mol. The van der Waals surface area contributed by atoms with Crippen molar-refractivity contribution >= 4 is 41.1 Å². The first-order valence-corrected chi connectivity index (χ1v) is 10.1. The van der Waals surface area contributed by atoms with Crippen LogP contribution in [0.2, 0.25) is 0 Å². The van der Waals surface area contributed by atoms with Crippen LogP contribution >= 0.6 is 0 Å². The Balaban J connectivity index is 0.000000431. The molecule has 0 radical (unpaired) electrons. The van der Waals surface area contributed by atoms with E-state index in [0.717, 1.165) is 39.2 Å². The number of aromatic nitrogens is 1.